The van der Waals surface area contributed by atoms with E-state index in [4.69, 9.17) is 0 Å². The standard InChI is InChI=1S/C15H19NO/c1-10-8-12(3)14(9-11(10)2)15(17)6-7-16-13-4-5-13/h6-9,13,16H,4-5H2,1-3H3/b7-6+. The van der Waals surface area contributed by atoms with Crippen LogP contribution in [0, 0.1) is 20.8 Å². The van der Waals surface area contributed by atoms with Gasteiger partial charge in [-0.15, -0.1) is 0 Å². The van der Waals surface area contributed by atoms with Gasteiger partial charge in [0.15, 0.2) is 5.78 Å². The molecule has 1 saturated carbocycles. The summed E-state index contributed by atoms with van der Waals surface area (Å²) in [6.45, 7) is 6.10. The maximum Gasteiger partial charge on any atom is 0.187 e. The van der Waals surface area contributed by atoms with Crippen LogP contribution in [0.5, 0.6) is 0 Å². The Morgan fingerprint density at radius 2 is 1.82 bits per heavy atom. The third kappa shape index (κ3) is 2.96. The summed E-state index contributed by atoms with van der Waals surface area (Å²) in [4.78, 5) is 12.0. The van der Waals surface area contributed by atoms with Crippen LogP contribution in [0.4, 0.5) is 0 Å². The van der Waals surface area contributed by atoms with Crippen molar-refractivity contribution in [3.63, 3.8) is 0 Å². The van der Waals surface area contributed by atoms with E-state index in [1.165, 1.54) is 24.0 Å². The average Bonchev–Trinajstić information content (AvgIpc) is 3.07. The minimum atomic E-state index is 0.0822. The highest BCUT2D eigenvalue weighted by Crippen LogP contribution is 2.19. The second-order valence-electron chi connectivity index (χ2n) is 4.89. The van der Waals surface area contributed by atoms with Crippen LogP contribution in [-0.4, -0.2) is 11.8 Å². The number of nitrogens with one attached hydrogen (secondary N) is 1. The lowest BCUT2D eigenvalue weighted by Gasteiger charge is -2.07. The fourth-order valence-corrected chi connectivity index (χ4v) is 1.83. The van der Waals surface area contributed by atoms with Crippen molar-refractivity contribution in [1.29, 1.82) is 0 Å². The Labute approximate surface area is 103 Å². The second-order valence-corrected chi connectivity index (χ2v) is 4.89. The number of aryl methyl sites for hydroxylation is 3. The van der Waals surface area contributed by atoms with Gasteiger partial charge in [-0.3, -0.25) is 4.79 Å². The molecule has 1 aliphatic carbocycles. The summed E-state index contributed by atoms with van der Waals surface area (Å²) >= 11 is 0. The van der Waals surface area contributed by atoms with Crippen molar-refractivity contribution in [2.45, 2.75) is 39.7 Å². The Kier molecular flexibility index (Phi) is 3.32. The van der Waals surface area contributed by atoms with Crippen molar-refractivity contribution in [3.8, 4) is 0 Å². The molecule has 0 saturated heterocycles. The van der Waals surface area contributed by atoms with Crippen LogP contribution in [0.1, 0.15) is 39.9 Å². The van der Waals surface area contributed by atoms with Crippen molar-refractivity contribution in [2.24, 2.45) is 0 Å². The molecule has 2 nitrogen and oxygen atoms in total. The molecule has 90 valence electrons. The summed E-state index contributed by atoms with van der Waals surface area (Å²) in [7, 11) is 0. The Balaban J connectivity index is 2.12. The van der Waals surface area contributed by atoms with Gasteiger partial charge in [0.1, 0.15) is 0 Å². The first-order chi connectivity index (χ1) is 8.08. The minimum Gasteiger partial charge on any atom is -0.388 e. The fourth-order valence-electron chi connectivity index (χ4n) is 1.83. The molecular weight excluding hydrogens is 210 g/mol. The van der Waals surface area contributed by atoms with Gasteiger partial charge >= 0.3 is 0 Å². The Morgan fingerprint density at radius 1 is 1.18 bits per heavy atom. The lowest BCUT2D eigenvalue weighted by atomic mass is 9.98. The van der Waals surface area contributed by atoms with Gasteiger partial charge in [-0.25, -0.2) is 0 Å². The predicted molar refractivity (Wildman–Crippen MR) is 70.3 cm³/mol. The highest BCUT2D eigenvalue weighted by atomic mass is 16.1. The van der Waals surface area contributed by atoms with E-state index in [0.717, 1.165) is 11.1 Å². The molecule has 0 atom stereocenters. The van der Waals surface area contributed by atoms with E-state index in [1.807, 2.05) is 19.9 Å². The molecule has 2 rings (SSSR count). The highest BCUT2D eigenvalue weighted by Gasteiger charge is 2.18. The molecule has 0 spiro atoms. The van der Waals surface area contributed by atoms with Crippen LogP contribution in [0.2, 0.25) is 0 Å². The van der Waals surface area contributed by atoms with Crippen LogP contribution in [0.3, 0.4) is 0 Å². The second kappa shape index (κ2) is 4.74. The van der Waals surface area contributed by atoms with E-state index in [2.05, 4.69) is 18.3 Å². The molecule has 0 heterocycles. The van der Waals surface area contributed by atoms with Gasteiger partial charge < -0.3 is 5.32 Å². The highest BCUT2D eigenvalue weighted by molar-refractivity contribution is 6.05. The molecule has 2 heteroatoms. The molecule has 17 heavy (non-hydrogen) atoms. The summed E-state index contributed by atoms with van der Waals surface area (Å²) < 4.78 is 0. The number of carbonyl (C=O) groups excluding carboxylic acids is 1. The summed E-state index contributed by atoms with van der Waals surface area (Å²) in [5.74, 6) is 0.0822. The lowest BCUT2D eigenvalue weighted by Crippen LogP contribution is -2.08. The Hall–Kier alpha value is -1.57. The number of benzene rings is 1. The first kappa shape index (κ1) is 11.9. The molecule has 0 unspecified atom stereocenters. The quantitative estimate of drug-likeness (QED) is 0.635. The molecule has 0 amide bonds. The van der Waals surface area contributed by atoms with E-state index >= 15 is 0 Å². The van der Waals surface area contributed by atoms with Crippen LogP contribution < -0.4 is 5.32 Å². The number of rotatable bonds is 4. The zero-order chi connectivity index (χ0) is 12.4. The minimum absolute atomic E-state index is 0.0822. The Morgan fingerprint density at radius 3 is 2.47 bits per heavy atom. The number of allylic oxidation sites excluding steroid dienone is 1. The largest absolute Gasteiger partial charge is 0.388 e. The van der Waals surface area contributed by atoms with Gasteiger partial charge in [0.25, 0.3) is 0 Å². The van der Waals surface area contributed by atoms with Crippen LogP contribution >= 0.6 is 0 Å². The predicted octanol–water partition coefficient (Wildman–Crippen LogP) is 3.06. The van der Waals surface area contributed by atoms with E-state index in [9.17, 15) is 4.79 Å². The van der Waals surface area contributed by atoms with E-state index in [-0.39, 0.29) is 5.78 Å². The van der Waals surface area contributed by atoms with Gasteiger partial charge in [-0.2, -0.15) is 0 Å². The molecule has 1 aliphatic rings. The first-order valence-electron chi connectivity index (χ1n) is 6.12. The van der Waals surface area contributed by atoms with Gasteiger partial charge in [-0.05, 0) is 56.4 Å². The topological polar surface area (TPSA) is 29.1 Å². The summed E-state index contributed by atoms with van der Waals surface area (Å²) in [6, 6.07) is 4.65. The molecule has 1 fully saturated rings. The van der Waals surface area contributed by atoms with E-state index in [0.29, 0.717) is 6.04 Å². The molecular formula is C15H19NO. The van der Waals surface area contributed by atoms with Gasteiger partial charge in [0, 0.05) is 23.9 Å². The smallest absolute Gasteiger partial charge is 0.187 e. The number of hydrogen-bond acceptors (Lipinski definition) is 2. The normalized spacial score (nSPS) is 15.2. The van der Waals surface area contributed by atoms with Crippen molar-refractivity contribution < 1.29 is 4.79 Å². The van der Waals surface area contributed by atoms with Crippen molar-refractivity contribution in [1.82, 2.24) is 5.32 Å². The monoisotopic (exact) mass is 229 g/mol. The molecule has 0 bridgehead atoms. The number of carbonyl (C=O) groups is 1. The van der Waals surface area contributed by atoms with Crippen LogP contribution in [0.15, 0.2) is 24.4 Å². The molecule has 1 aromatic carbocycles. The maximum atomic E-state index is 12.0. The molecule has 1 aromatic rings. The Bertz CT molecular complexity index is 470. The number of hydrogen-bond donors (Lipinski definition) is 1. The van der Waals surface area contributed by atoms with Gasteiger partial charge in [-0.1, -0.05) is 6.07 Å². The van der Waals surface area contributed by atoms with Crippen LogP contribution in [-0.2, 0) is 0 Å². The summed E-state index contributed by atoms with van der Waals surface area (Å²) in [5.41, 5.74) is 4.26. The molecule has 0 radical (unpaired) electrons. The molecule has 1 N–H and O–H groups in total. The fraction of sp³-hybridized carbons (Fsp3) is 0.400. The average molecular weight is 229 g/mol. The van der Waals surface area contributed by atoms with Crippen molar-refractivity contribution in [2.75, 3.05) is 0 Å². The summed E-state index contributed by atoms with van der Waals surface area (Å²) in [5, 5.41) is 3.20. The zero-order valence-corrected chi connectivity index (χ0v) is 10.7. The zero-order valence-electron chi connectivity index (χ0n) is 10.7. The van der Waals surface area contributed by atoms with E-state index in [1.54, 1.807) is 12.3 Å². The number of ketones is 1. The third-order valence-corrected chi connectivity index (χ3v) is 3.25. The van der Waals surface area contributed by atoms with Gasteiger partial charge in [0.2, 0.25) is 0 Å². The van der Waals surface area contributed by atoms with Crippen molar-refractivity contribution in [3.05, 3.63) is 46.7 Å². The lowest BCUT2D eigenvalue weighted by molar-refractivity contribution is 0.104. The van der Waals surface area contributed by atoms with Crippen LogP contribution in [0.25, 0.3) is 0 Å². The summed E-state index contributed by atoms with van der Waals surface area (Å²) in [6.07, 6.45) is 5.87. The van der Waals surface area contributed by atoms with Crippen molar-refractivity contribution >= 4 is 5.78 Å². The van der Waals surface area contributed by atoms with Gasteiger partial charge in [0.05, 0.1) is 0 Å². The third-order valence-electron chi connectivity index (χ3n) is 3.25. The van der Waals surface area contributed by atoms with E-state index < -0.39 is 0 Å². The maximum absolute atomic E-state index is 12.0. The first-order valence-corrected chi connectivity index (χ1v) is 6.12. The SMILES string of the molecule is Cc1cc(C)c(C(=O)/C=C/NC2CC2)cc1C. The molecule has 0 aromatic heterocycles. The molecule has 0 aliphatic heterocycles.